The molecule has 13 heavy (non-hydrogen) atoms. The van der Waals surface area contributed by atoms with Crippen molar-refractivity contribution in [2.24, 2.45) is 0 Å². The van der Waals surface area contributed by atoms with Gasteiger partial charge in [0.2, 0.25) is 0 Å². The van der Waals surface area contributed by atoms with Crippen LogP contribution in [-0.4, -0.2) is 10.2 Å². The van der Waals surface area contributed by atoms with Crippen molar-refractivity contribution >= 4 is 0 Å². The van der Waals surface area contributed by atoms with Gasteiger partial charge >= 0.3 is 0 Å². The van der Waals surface area contributed by atoms with E-state index >= 15 is 0 Å². The molecule has 0 saturated heterocycles. The zero-order chi connectivity index (χ0) is 9.64. The molecule has 1 aliphatic carbocycles. The third kappa shape index (κ3) is 1.31. The Kier molecular flexibility index (Phi) is 1.64. The molecule has 70 valence electrons. The fourth-order valence-electron chi connectivity index (χ4n) is 1.63. The first kappa shape index (κ1) is 8.57. The molecular formula is C11H14O2. The van der Waals surface area contributed by atoms with E-state index in [1.165, 1.54) is 0 Å². The summed E-state index contributed by atoms with van der Waals surface area (Å²) in [5, 5.41) is 19.4. The number of phenols is 1. The Morgan fingerprint density at radius 3 is 2.00 bits per heavy atom. The average Bonchev–Trinajstić information content (AvgIpc) is 2.80. The first-order valence-electron chi connectivity index (χ1n) is 4.56. The summed E-state index contributed by atoms with van der Waals surface area (Å²) in [5.74, 6) is 0.341. The number of benzene rings is 1. The van der Waals surface area contributed by atoms with Crippen LogP contribution in [0.25, 0.3) is 0 Å². The summed E-state index contributed by atoms with van der Waals surface area (Å²) < 4.78 is 0. The van der Waals surface area contributed by atoms with Crippen LogP contribution < -0.4 is 0 Å². The van der Waals surface area contributed by atoms with Gasteiger partial charge in [0, 0.05) is 0 Å². The minimum Gasteiger partial charge on any atom is -0.507 e. The molecule has 0 heterocycles. The summed E-state index contributed by atoms with van der Waals surface area (Å²) in [6, 6.07) is 3.74. The number of rotatable bonds is 1. The zero-order valence-corrected chi connectivity index (χ0v) is 7.96. The SMILES string of the molecule is Cc1cc(C2(O)CC2)cc(C)c1O. The van der Waals surface area contributed by atoms with Crippen molar-refractivity contribution < 1.29 is 10.2 Å². The molecule has 1 aliphatic rings. The molecule has 2 nitrogen and oxygen atoms in total. The van der Waals surface area contributed by atoms with Gasteiger partial charge in [-0.15, -0.1) is 0 Å². The Balaban J connectivity index is 2.50. The topological polar surface area (TPSA) is 40.5 Å². The Labute approximate surface area is 77.8 Å². The lowest BCUT2D eigenvalue weighted by molar-refractivity contribution is 0.151. The monoisotopic (exact) mass is 178 g/mol. The van der Waals surface area contributed by atoms with Gasteiger partial charge in [0.1, 0.15) is 5.75 Å². The highest BCUT2D eigenvalue weighted by molar-refractivity contribution is 5.45. The van der Waals surface area contributed by atoms with Crippen molar-refractivity contribution in [1.82, 2.24) is 0 Å². The molecule has 0 spiro atoms. The Morgan fingerprint density at radius 2 is 1.62 bits per heavy atom. The lowest BCUT2D eigenvalue weighted by Crippen LogP contribution is -2.04. The van der Waals surface area contributed by atoms with Gasteiger partial charge in [-0.05, 0) is 55.5 Å². The minimum atomic E-state index is -0.594. The van der Waals surface area contributed by atoms with Crippen LogP contribution >= 0.6 is 0 Å². The van der Waals surface area contributed by atoms with E-state index in [9.17, 15) is 10.2 Å². The molecule has 0 aromatic heterocycles. The van der Waals surface area contributed by atoms with Gasteiger partial charge in [-0.2, -0.15) is 0 Å². The van der Waals surface area contributed by atoms with E-state index in [0.717, 1.165) is 29.5 Å². The maximum absolute atomic E-state index is 9.86. The van der Waals surface area contributed by atoms with E-state index in [-0.39, 0.29) is 0 Å². The standard InChI is InChI=1S/C11H14O2/c1-7-5-9(11(13)3-4-11)6-8(2)10(7)12/h5-6,12-13H,3-4H2,1-2H3. The van der Waals surface area contributed by atoms with Crippen LogP contribution in [0.5, 0.6) is 5.75 Å². The predicted molar refractivity (Wildman–Crippen MR) is 50.7 cm³/mol. The summed E-state index contributed by atoms with van der Waals surface area (Å²) >= 11 is 0. The molecule has 2 heteroatoms. The smallest absolute Gasteiger partial charge is 0.121 e. The molecule has 0 bridgehead atoms. The van der Waals surface area contributed by atoms with E-state index in [1.807, 2.05) is 26.0 Å². The summed E-state index contributed by atoms with van der Waals surface area (Å²) in [7, 11) is 0. The van der Waals surface area contributed by atoms with Gasteiger partial charge in [0.05, 0.1) is 5.60 Å². The van der Waals surface area contributed by atoms with Gasteiger partial charge in [0.15, 0.2) is 0 Å². The maximum atomic E-state index is 9.86. The minimum absolute atomic E-state index is 0.341. The number of phenolic OH excluding ortho intramolecular Hbond substituents is 1. The molecule has 0 unspecified atom stereocenters. The fourth-order valence-corrected chi connectivity index (χ4v) is 1.63. The molecule has 2 rings (SSSR count). The van der Waals surface area contributed by atoms with Crippen molar-refractivity contribution in [3.8, 4) is 5.75 Å². The second-order valence-electron chi connectivity index (χ2n) is 3.99. The van der Waals surface area contributed by atoms with Gasteiger partial charge < -0.3 is 10.2 Å². The Hall–Kier alpha value is -1.02. The molecule has 0 aliphatic heterocycles. The molecule has 1 aromatic rings. The summed E-state index contributed by atoms with van der Waals surface area (Å²) in [6.07, 6.45) is 1.69. The second kappa shape index (κ2) is 2.48. The molecule has 0 atom stereocenters. The largest absolute Gasteiger partial charge is 0.507 e. The van der Waals surface area contributed by atoms with Crippen LogP contribution in [0.4, 0.5) is 0 Å². The van der Waals surface area contributed by atoms with Crippen LogP contribution in [0.1, 0.15) is 29.5 Å². The van der Waals surface area contributed by atoms with E-state index in [0.29, 0.717) is 5.75 Å². The molecule has 1 aromatic carbocycles. The zero-order valence-electron chi connectivity index (χ0n) is 7.96. The van der Waals surface area contributed by atoms with Crippen LogP contribution in [-0.2, 0) is 5.60 Å². The summed E-state index contributed by atoms with van der Waals surface area (Å²) in [5.41, 5.74) is 2.04. The van der Waals surface area contributed by atoms with E-state index in [2.05, 4.69) is 0 Å². The molecule has 0 amide bonds. The van der Waals surface area contributed by atoms with Crippen molar-refractivity contribution in [3.05, 3.63) is 28.8 Å². The number of hydrogen-bond acceptors (Lipinski definition) is 2. The van der Waals surface area contributed by atoms with E-state index in [4.69, 9.17) is 0 Å². The molecule has 0 radical (unpaired) electrons. The van der Waals surface area contributed by atoms with E-state index in [1.54, 1.807) is 0 Å². The molecule has 2 N–H and O–H groups in total. The first-order chi connectivity index (χ1) is 6.03. The Morgan fingerprint density at radius 1 is 1.15 bits per heavy atom. The first-order valence-corrected chi connectivity index (χ1v) is 4.56. The summed E-state index contributed by atoms with van der Waals surface area (Å²) in [4.78, 5) is 0. The van der Waals surface area contributed by atoms with Crippen molar-refractivity contribution in [2.45, 2.75) is 32.3 Å². The number of aliphatic hydroxyl groups is 1. The van der Waals surface area contributed by atoms with Crippen LogP contribution in [0.15, 0.2) is 12.1 Å². The van der Waals surface area contributed by atoms with Crippen molar-refractivity contribution in [3.63, 3.8) is 0 Å². The highest BCUT2D eigenvalue weighted by Crippen LogP contribution is 2.46. The lowest BCUT2D eigenvalue weighted by Gasteiger charge is -2.11. The number of aromatic hydroxyl groups is 1. The van der Waals surface area contributed by atoms with Crippen LogP contribution in [0.3, 0.4) is 0 Å². The highest BCUT2D eigenvalue weighted by Gasteiger charge is 2.42. The quantitative estimate of drug-likeness (QED) is 0.690. The third-order valence-corrected chi connectivity index (χ3v) is 2.75. The van der Waals surface area contributed by atoms with Crippen molar-refractivity contribution in [2.75, 3.05) is 0 Å². The van der Waals surface area contributed by atoms with Crippen LogP contribution in [0, 0.1) is 13.8 Å². The van der Waals surface area contributed by atoms with Gasteiger partial charge in [-0.1, -0.05) is 0 Å². The van der Waals surface area contributed by atoms with E-state index < -0.39 is 5.60 Å². The number of hydrogen-bond donors (Lipinski definition) is 2. The normalized spacial score (nSPS) is 18.7. The second-order valence-corrected chi connectivity index (χ2v) is 3.99. The molecule has 1 saturated carbocycles. The van der Waals surface area contributed by atoms with Crippen LogP contribution in [0.2, 0.25) is 0 Å². The van der Waals surface area contributed by atoms with Gasteiger partial charge in [-0.25, -0.2) is 0 Å². The Bertz CT molecular complexity index is 328. The summed E-state index contributed by atoms with van der Waals surface area (Å²) in [6.45, 7) is 3.72. The van der Waals surface area contributed by atoms with Crippen molar-refractivity contribution in [1.29, 1.82) is 0 Å². The predicted octanol–water partition coefficient (Wildman–Crippen LogP) is 1.99. The van der Waals surface area contributed by atoms with Gasteiger partial charge in [0.25, 0.3) is 0 Å². The third-order valence-electron chi connectivity index (χ3n) is 2.75. The van der Waals surface area contributed by atoms with Gasteiger partial charge in [-0.3, -0.25) is 0 Å². The average molecular weight is 178 g/mol. The number of aryl methyl sites for hydroxylation is 2. The fraction of sp³-hybridized carbons (Fsp3) is 0.455. The maximum Gasteiger partial charge on any atom is 0.121 e. The lowest BCUT2D eigenvalue weighted by atomic mass is 10.0. The molecule has 1 fully saturated rings. The highest BCUT2D eigenvalue weighted by atomic mass is 16.3. The molecular weight excluding hydrogens is 164 g/mol.